The lowest BCUT2D eigenvalue weighted by Crippen LogP contribution is -2.28. The standard InChI is InChI=1S/C20H20Cl2N2O2/c1-3-13-6-4-5-12(2)19(13)23-20(26)14-7-18(25)24(11-14)17-9-15(21)8-16(22)10-17/h4-6,8-10,14H,3,7,11H2,1-2H3,(H,23,26). The molecule has 26 heavy (non-hydrogen) atoms. The minimum atomic E-state index is -0.412. The molecule has 1 aliphatic rings. The van der Waals surface area contributed by atoms with Gasteiger partial charge in [0.25, 0.3) is 0 Å². The third-order valence-electron chi connectivity index (χ3n) is 4.64. The summed E-state index contributed by atoms with van der Waals surface area (Å²) in [7, 11) is 0. The molecule has 1 N–H and O–H groups in total. The van der Waals surface area contributed by atoms with Crippen molar-refractivity contribution in [1.29, 1.82) is 0 Å². The molecular formula is C20H20Cl2N2O2. The van der Waals surface area contributed by atoms with Crippen molar-refractivity contribution in [3.63, 3.8) is 0 Å². The van der Waals surface area contributed by atoms with E-state index in [1.54, 1.807) is 23.1 Å². The van der Waals surface area contributed by atoms with Gasteiger partial charge >= 0.3 is 0 Å². The third kappa shape index (κ3) is 3.87. The first kappa shape index (κ1) is 18.7. The fraction of sp³-hybridized carbons (Fsp3) is 0.300. The van der Waals surface area contributed by atoms with E-state index in [1.807, 2.05) is 32.0 Å². The lowest BCUT2D eigenvalue weighted by Gasteiger charge is -2.18. The first-order chi connectivity index (χ1) is 12.4. The molecular weight excluding hydrogens is 371 g/mol. The van der Waals surface area contributed by atoms with Crippen LogP contribution in [0.5, 0.6) is 0 Å². The quantitative estimate of drug-likeness (QED) is 0.810. The molecule has 1 saturated heterocycles. The molecule has 1 atom stereocenters. The van der Waals surface area contributed by atoms with E-state index in [0.717, 1.165) is 23.2 Å². The lowest BCUT2D eigenvalue weighted by atomic mass is 10.0. The van der Waals surface area contributed by atoms with Gasteiger partial charge in [-0.1, -0.05) is 48.3 Å². The second-order valence-electron chi connectivity index (χ2n) is 6.48. The van der Waals surface area contributed by atoms with Gasteiger partial charge in [0.1, 0.15) is 0 Å². The average molecular weight is 391 g/mol. The Labute approximate surface area is 163 Å². The molecule has 0 aliphatic carbocycles. The van der Waals surface area contributed by atoms with Crippen LogP contribution in [-0.4, -0.2) is 18.4 Å². The van der Waals surface area contributed by atoms with Crippen LogP contribution in [0.15, 0.2) is 36.4 Å². The lowest BCUT2D eigenvalue weighted by molar-refractivity contribution is -0.122. The van der Waals surface area contributed by atoms with Crippen LogP contribution in [0.4, 0.5) is 11.4 Å². The van der Waals surface area contributed by atoms with Crippen LogP contribution < -0.4 is 10.2 Å². The first-order valence-corrected chi connectivity index (χ1v) is 9.30. The molecule has 0 saturated carbocycles. The molecule has 3 rings (SSSR count). The highest BCUT2D eigenvalue weighted by Crippen LogP contribution is 2.31. The number of carbonyl (C=O) groups excluding carboxylic acids is 2. The molecule has 1 heterocycles. The first-order valence-electron chi connectivity index (χ1n) is 8.55. The van der Waals surface area contributed by atoms with Gasteiger partial charge < -0.3 is 10.2 Å². The minimum Gasteiger partial charge on any atom is -0.325 e. The van der Waals surface area contributed by atoms with Crippen molar-refractivity contribution < 1.29 is 9.59 Å². The monoisotopic (exact) mass is 390 g/mol. The number of anilines is 2. The van der Waals surface area contributed by atoms with Crippen LogP contribution in [-0.2, 0) is 16.0 Å². The van der Waals surface area contributed by atoms with Crippen molar-refractivity contribution in [3.05, 3.63) is 57.6 Å². The van der Waals surface area contributed by atoms with Crippen molar-refractivity contribution in [1.82, 2.24) is 0 Å². The molecule has 1 fully saturated rings. The van der Waals surface area contributed by atoms with Crippen molar-refractivity contribution in [2.45, 2.75) is 26.7 Å². The Kier molecular flexibility index (Phi) is 5.54. The topological polar surface area (TPSA) is 49.4 Å². The van der Waals surface area contributed by atoms with Gasteiger partial charge in [0.2, 0.25) is 11.8 Å². The normalized spacial score (nSPS) is 16.8. The van der Waals surface area contributed by atoms with E-state index in [-0.39, 0.29) is 18.2 Å². The Morgan fingerprint density at radius 2 is 1.92 bits per heavy atom. The SMILES string of the molecule is CCc1cccc(C)c1NC(=O)C1CC(=O)N(c2cc(Cl)cc(Cl)c2)C1. The zero-order chi connectivity index (χ0) is 18.8. The number of rotatable bonds is 4. The maximum atomic E-state index is 12.7. The van der Waals surface area contributed by atoms with Gasteiger partial charge in [-0.25, -0.2) is 0 Å². The summed E-state index contributed by atoms with van der Waals surface area (Å²) < 4.78 is 0. The van der Waals surface area contributed by atoms with E-state index in [9.17, 15) is 9.59 Å². The smallest absolute Gasteiger partial charge is 0.229 e. The largest absolute Gasteiger partial charge is 0.325 e. The zero-order valence-corrected chi connectivity index (χ0v) is 16.2. The van der Waals surface area contributed by atoms with Crippen molar-refractivity contribution in [2.24, 2.45) is 5.92 Å². The number of halogens is 2. The Hall–Kier alpha value is -2.04. The number of nitrogens with zero attached hydrogens (tertiary/aromatic N) is 1. The summed E-state index contributed by atoms with van der Waals surface area (Å²) in [5.41, 5.74) is 3.56. The Balaban J connectivity index is 1.77. The molecule has 136 valence electrons. The summed E-state index contributed by atoms with van der Waals surface area (Å²) in [6.45, 7) is 4.33. The summed E-state index contributed by atoms with van der Waals surface area (Å²) in [6, 6.07) is 10.9. The number of para-hydroxylation sites is 1. The number of aryl methyl sites for hydroxylation is 2. The van der Waals surface area contributed by atoms with Crippen molar-refractivity contribution in [3.8, 4) is 0 Å². The summed E-state index contributed by atoms with van der Waals surface area (Å²) >= 11 is 12.1. The molecule has 6 heteroatoms. The van der Waals surface area contributed by atoms with Gasteiger partial charge in [-0.05, 0) is 42.7 Å². The number of hydrogen-bond donors (Lipinski definition) is 1. The summed E-state index contributed by atoms with van der Waals surface area (Å²) in [4.78, 5) is 26.7. The van der Waals surface area contributed by atoms with E-state index in [4.69, 9.17) is 23.2 Å². The molecule has 1 aliphatic heterocycles. The number of hydrogen-bond acceptors (Lipinski definition) is 2. The highest BCUT2D eigenvalue weighted by Gasteiger charge is 2.35. The molecule has 2 amide bonds. The Morgan fingerprint density at radius 3 is 2.58 bits per heavy atom. The molecule has 4 nitrogen and oxygen atoms in total. The highest BCUT2D eigenvalue weighted by atomic mass is 35.5. The summed E-state index contributed by atoms with van der Waals surface area (Å²) in [5, 5.41) is 3.94. The van der Waals surface area contributed by atoms with Crippen molar-refractivity contribution in [2.75, 3.05) is 16.8 Å². The highest BCUT2D eigenvalue weighted by molar-refractivity contribution is 6.35. The van der Waals surface area contributed by atoms with E-state index in [0.29, 0.717) is 22.3 Å². The summed E-state index contributed by atoms with van der Waals surface area (Å²) in [6.07, 6.45) is 0.997. The van der Waals surface area contributed by atoms with Crippen LogP contribution in [0.3, 0.4) is 0 Å². The van der Waals surface area contributed by atoms with E-state index in [2.05, 4.69) is 5.32 Å². The number of benzene rings is 2. The van der Waals surface area contributed by atoms with Crippen LogP contribution in [0.25, 0.3) is 0 Å². The minimum absolute atomic E-state index is 0.107. The van der Waals surface area contributed by atoms with Crippen molar-refractivity contribution >= 4 is 46.4 Å². The van der Waals surface area contributed by atoms with Crippen LogP contribution >= 0.6 is 23.2 Å². The van der Waals surface area contributed by atoms with Gasteiger partial charge in [-0.2, -0.15) is 0 Å². The maximum absolute atomic E-state index is 12.7. The molecule has 2 aromatic carbocycles. The third-order valence-corrected chi connectivity index (χ3v) is 5.08. The van der Waals surface area contributed by atoms with Gasteiger partial charge in [-0.15, -0.1) is 0 Å². The second kappa shape index (κ2) is 7.68. The van der Waals surface area contributed by atoms with Crippen LogP contribution in [0.2, 0.25) is 10.0 Å². The fourth-order valence-corrected chi connectivity index (χ4v) is 3.77. The summed E-state index contributed by atoms with van der Waals surface area (Å²) in [5.74, 6) is -0.661. The van der Waals surface area contributed by atoms with Crippen LogP contribution in [0.1, 0.15) is 24.5 Å². The fourth-order valence-electron chi connectivity index (χ4n) is 3.26. The average Bonchev–Trinajstić information content (AvgIpc) is 2.97. The molecule has 0 bridgehead atoms. The van der Waals surface area contributed by atoms with Crippen LogP contribution in [0, 0.1) is 12.8 Å². The van der Waals surface area contributed by atoms with Gasteiger partial charge in [0, 0.05) is 34.4 Å². The Morgan fingerprint density at radius 1 is 1.23 bits per heavy atom. The number of amides is 2. The van der Waals surface area contributed by atoms with Gasteiger partial charge in [-0.3, -0.25) is 9.59 Å². The number of nitrogens with one attached hydrogen (secondary N) is 1. The molecule has 0 spiro atoms. The Bertz CT molecular complexity index is 847. The number of carbonyl (C=O) groups is 2. The van der Waals surface area contributed by atoms with E-state index in [1.165, 1.54) is 0 Å². The predicted molar refractivity (Wildman–Crippen MR) is 106 cm³/mol. The second-order valence-corrected chi connectivity index (χ2v) is 7.36. The molecule has 0 aromatic heterocycles. The molecule has 2 aromatic rings. The molecule has 1 unspecified atom stereocenters. The van der Waals surface area contributed by atoms with E-state index < -0.39 is 5.92 Å². The van der Waals surface area contributed by atoms with E-state index >= 15 is 0 Å². The van der Waals surface area contributed by atoms with Gasteiger partial charge in [0.05, 0.1) is 5.92 Å². The maximum Gasteiger partial charge on any atom is 0.229 e. The zero-order valence-electron chi connectivity index (χ0n) is 14.7. The molecule has 0 radical (unpaired) electrons. The predicted octanol–water partition coefficient (Wildman–Crippen LogP) is 4.86. The van der Waals surface area contributed by atoms with Gasteiger partial charge in [0.15, 0.2) is 0 Å².